The summed E-state index contributed by atoms with van der Waals surface area (Å²) in [5.74, 6) is -1.09. The van der Waals surface area contributed by atoms with Crippen LogP contribution in [0.5, 0.6) is 0 Å². The summed E-state index contributed by atoms with van der Waals surface area (Å²) >= 11 is 0. The van der Waals surface area contributed by atoms with Crippen molar-refractivity contribution in [3.8, 4) is 0 Å². The number of fused-ring (bicyclic) bond motifs is 1. The molecule has 0 saturated heterocycles. The molecule has 0 aliphatic rings. The second-order valence-electron chi connectivity index (χ2n) is 5.20. The molecule has 7 heteroatoms. The zero-order chi connectivity index (χ0) is 17.3. The number of nitro groups is 1. The number of esters is 1. The molecule has 122 valence electrons. The number of hydrogen-bond acceptors (Lipinski definition) is 5. The van der Waals surface area contributed by atoms with Gasteiger partial charge in [-0.25, -0.2) is 9.18 Å². The Morgan fingerprint density at radius 3 is 2.62 bits per heavy atom. The van der Waals surface area contributed by atoms with Crippen LogP contribution in [0, 0.1) is 22.9 Å². The molecular weight excluding hydrogens is 317 g/mol. The number of halogens is 1. The van der Waals surface area contributed by atoms with E-state index >= 15 is 0 Å². The van der Waals surface area contributed by atoms with Crippen LogP contribution in [0.4, 0.5) is 10.1 Å². The maximum atomic E-state index is 13.3. The van der Waals surface area contributed by atoms with Crippen molar-refractivity contribution in [2.24, 2.45) is 0 Å². The van der Waals surface area contributed by atoms with E-state index in [2.05, 4.69) is 0 Å². The van der Waals surface area contributed by atoms with E-state index < -0.39 is 16.7 Å². The van der Waals surface area contributed by atoms with Crippen molar-refractivity contribution in [1.82, 2.24) is 0 Å². The summed E-state index contributed by atoms with van der Waals surface area (Å²) in [7, 11) is 0. The highest BCUT2D eigenvalue weighted by Gasteiger charge is 2.19. The van der Waals surface area contributed by atoms with Crippen molar-refractivity contribution >= 4 is 22.6 Å². The third-order valence-corrected chi connectivity index (χ3v) is 3.60. The smallest absolute Gasteiger partial charge is 0.374 e. The molecule has 6 nitrogen and oxygen atoms in total. The first-order chi connectivity index (χ1) is 11.5. The van der Waals surface area contributed by atoms with Gasteiger partial charge in [0.25, 0.3) is 5.69 Å². The topological polar surface area (TPSA) is 82.6 Å². The first kappa shape index (κ1) is 15.7. The van der Waals surface area contributed by atoms with Crippen LogP contribution < -0.4 is 0 Å². The Morgan fingerprint density at radius 2 is 1.96 bits per heavy atom. The number of non-ortho nitro benzene ring substituents is 1. The lowest BCUT2D eigenvalue weighted by molar-refractivity contribution is -0.384. The number of aryl methyl sites for hydroxylation is 1. The molecule has 0 aliphatic carbocycles. The quantitative estimate of drug-likeness (QED) is 0.408. The lowest BCUT2D eigenvalue weighted by Crippen LogP contribution is -2.05. The van der Waals surface area contributed by atoms with E-state index in [-0.39, 0.29) is 18.1 Å². The number of nitrogens with zero attached hydrogens (tertiary/aromatic N) is 1. The van der Waals surface area contributed by atoms with Crippen molar-refractivity contribution in [1.29, 1.82) is 0 Å². The minimum atomic E-state index is -0.678. The van der Waals surface area contributed by atoms with Gasteiger partial charge in [0.2, 0.25) is 5.76 Å². The maximum Gasteiger partial charge on any atom is 0.374 e. The van der Waals surface area contributed by atoms with E-state index in [1.54, 1.807) is 6.92 Å². The van der Waals surface area contributed by atoms with Crippen molar-refractivity contribution in [3.63, 3.8) is 0 Å². The summed E-state index contributed by atoms with van der Waals surface area (Å²) in [6.45, 7) is 1.59. The predicted molar refractivity (Wildman–Crippen MR) is 83.1 cm³/mol. The van der Waals surface area contributed by atoms with Crippen molar-refractivity contribution in [3.05, 3.63) is 75.3 Å². The number of ether oxygens (including phenoxy) is 1. The van der Waals surface area contributed by atoms with Crippen LogP contribution in [-0.2, 0) is 11.3 Å². The molecule has 0 spiro atoms. The molecule has 0 bridgehead atoms. The van der Waals surface area contributed by atoms with Gasteiger partial charge in [0.15, 0.2) is 0 Å². The van der Waals surface area contributed by atoms with Crippen molar-refractivity contribution in [2.45, 2.75) is 13.5 Å². The van der Waals surface area contributed by atoms with E-state index in [1.165, 1.54) is 42.5 Å². The maximum absolute atomic E-state index is 13.3. The highest BCUT2D eigenvalue weighted by Crippen LogP contribution is 2.26. The highest BCUT2D eigenvalue weighted by molar-refractivity contribution is 5.95. The van der Waals surface area contributed by atoms with Gasteiger partial charge in [0.05, 0.1) is 4.92 Å². The van der Waals surface area contributed by atoms with Crippen LogP contribution in [0.15, 0.2) is 46.9 Å². The Hall–Kier alpha value is -3.22. The van der Waals surface area contributed by atoms with Crippen LogP contribution in [0.2, 0.25) is 0 Å². The molecule has 0 saturated carbocycles. The van der Waals surface area contributed by atoms with Gasteiger partial charge in [-0.2, -0.15) is 0 Å². The first-order valence-corrected chi connectivity index (χ1v) is 7.05. The minimum absolute atomic E-state index is 0.0116. The Balaban J connectivity index is 1.75. The van der Waals surface area contributed by atoms with E-state index in [9.17, 15) is 19.3 Å². The number of hydrogen-bond donors (Lipinski definition) is 0. The fraction of sp³-hybridized carbons (Fsp3) is 0.118. The molecule has 0 atom stereocenters. The summed E-state index contributed by atoms with van der Waals surface area (Å²) in [5.41, 5.74) is 1.46. The average molecular weight is 329 g/mol. The average Bonchev–Trinajstić information content (AvgIpc) is 2.89. The van der Waals surface area contributed by atoms with Gasteiger partial charge in [0, 0.05) is 23.1 Å². The van der Waals surface area contributed by atoms with Crippen LogP contribution in [-0.4, -0.2) is 10.9 Å². The van der Waals surface area contributed by atoms with Crippen LogP contribution in [0.25, 0.3) is 11.0 Å². The van der Waals surface area contributed by atoms with E-state index in [1.807, 2.05) is 0 Å². The van der Waals surface area contributed by atoms with E-state index in [0.29, 0.717) is 22.1 Å². The summed E-state index contributed by atoms with van der Waals surface area (Å²) in [6.07, 6.45) is 0. The Bertz CT molecular complexity index is 930. The molecule has 3 aromatic rings. The molecular formula is C17H12FNO5. The predicted octanol–water partition coefficient (Wildman–Crippen LogP) is 4.15. The Morgan fingerprint density at radius 1 is 1.25 bits per heavy atom. The zero-order valence-electron chi connectivity index (χ0n) is 12.6. The van der Waals surface area contributed by atoms with Crippen LogP contribution in [0.3, 0.4) is 0 Å². The Labute approximate surface area is 135 Å². The fourth-order valence-electron chi connectivity index (χ4n) is 2.32. The van der Waals surface area contributed by atoms with E-state index in [4.69, 9.17) is 9.15 Å². The molecule has 1 heterocycles. The van der Waals surface area contributed by atoms with Crippen molar-refractivity contribution in [2.75, 3.05) is 0 Å². The number of carbonyl (C=O) groups excluding carboxylic acids is 1. The van der Waals surface area contributed by atoms with E-state index in [0.717, 1.165) is 0 Å². The molecule has 1 aromatic heterocycles. The zero-order valence-corrected chi connectivity index (χ0v) is 12.6. The summed E-state index contributed by atoms with van der Waals surface area (Å²) < 4.78 is 23.9. The number of benzene rings is 2. The van der Waals surface area contributed by atoms with Gasteiger partial charge in [-0.05, 0) is 42.8 Å². The van der Waals surface area contributed by atoms with Gasteiger partial charge in [-0.1, -0.05) is 0 Å². The summed E-state index contributed by atoms with van der Waals surface area (Å²) in [6, 6.07) is 9.67. The third kappa shape index (κ3) is 2.96. The van der Waals surface area contributed by atoms with Gasteiger partial charge >= 0.3 is 5.97 Å². The van der Waals surface area contributed by atoms with Gasteiger partial charge in [-0.15, -0.1) is 0 Å². The summed E-state index contributed by atoms with van der Waals surface area (Å²) in [5, 5.41) is 11.1. The molecule has 0 N–H and O–H groups in total. The second kappa shape index (κ2) is 6.11. The number of furan rings is 1. The first-order valence-electron chi connectivity index (χ1n) is 7.05. The fourth-order valence-corrected chi connectivity index (χ4v) is 2.32. The standard InChI is InChI=1S/C17H12FNO5/c1-10-14-8-12(18)4-7-15(14)24-16(10)17(20)23-9-11-2-5-13(6-3-11)19(21)22/h2-8H,9H2,1H3. The molecule has 0 fully saturated rings. The van der Waals surface area contributed by atoms with Gasteiger partial charge < -0.3 is 9.15 Å². The number of carbonyl (C=O) groups is 1. The second-order valence-corrected chi connectivity index (χ2v) is 5.20. The normalized spacial score (nSPS) is 10.8. The lowest BCUT2D eigenvalue weighted by atomic mass is 10.1. The molecule has 0 aliphatic heterocycles. The summed E-state index contributed by atoms with van der Waals surface area (Å²) in [4.78, 5) is 22.2. The monoisotopic (exact) mass is 329 g/mol. The molecule has 0 amide bonds. The van der Waals surface area contributed by atoms with Gasteiger partial charge in [0.1, 0.15) is 18.0 Å². The highest BCUT2D eigenvalue weighted by atomic mass is 19.1. The number of nitro benzene ring substituents is 1. The molecule has 0 radical (unpaired) electrons. The SMILES string of the molecule is Cc1c(C(=O)OCc2ccc([N+](=O)[O-])cc2)oc2ccc(F)cc12. The van der Waals surface area contributed by atoms with Crippen LogP contribution >= 0.6 is 0 Å². The molecule has 2 aromatic carbocycles. The molecule has 24 heavy (non-hydrogen) atoms. The Kier molecular flexibility index (Phi) is 3.99. The minimum Gasteiger partial charge on any atom is -0.455 e. The van der Waals surface area contributed by atoms with Crippen molar-refractivity contribution < 1.29 is 23.3 Å². The lowest BCUT2D eigenvalue weighted by Gasteiger charge is -2.03. The molecule has 0 unspecified atom stereocenters. The number of rotatable bonds is 4. The van der Waals surface area contributed by atoms with Gasteiger partial charge in [-0.3, -0.25) is 10.1 Å². The largest absolute Gasteiger partial charge is 0.455 e. The third-order valence-electron chi connectivity index (χ3n) is 3.60. The molecule has 3 rings (SSSR count). The van der Waals surface area contributed by atoms with Crippen LogP contribution in [0.1, 0.15) is 21.7 Å².